The summed E-state index contributed by atoms with van der Waals surface area (Å²) in [7, 11) is -3.97. The average Bonchev–Trinajstić information content (AvgIpc) is 2.87. The summed E-state index contributed by atoms with van der Waals surface area (Å²) in [6.45, 7) is 1.44. The lowest BCUT2D eigenvalue weighted by atomic mass is 10.2. The zero-order chi connectivity index (χ0) is 25.5. The van der Waals surface area contributed by atoms with Crippen LogP contribution in [0.3, 0.4) is 0 Å². The molecule has 8 heteroatoms. The molecule has 0 saturated carbocycles. The summed E-state index contributed by atoms with van der Waals surface area (Å²) < 4.78 is 33.8. The van der Waals surface area contributed by atoms with E-state index < -0.39 is 15.9 Å². The zero-order valence-electron chi connectivity index (χ0n) is 19.6. The Balaban J connectivity index is 1.50. The van der Waals surface area contributed by atoms with Crippen molar-refractivity contribution in [2.75, 3.05) is 11.9 Å². The number of benzene rings is 4. The van der Waals surface area contributed by atoms with Crippen LogP contribution in [-0.4, -0.2) is 25.2 Å². The highest BCUT2D eigenvalue weighted by atomic mass is 35.5. The molecule has 0 spiro atoms. The van der Waals surface area contributed by atoms with Crippen molar-refractivity contribution in [2.45, 2.75) is 18.4 Å². The van der Waals surface area contributed by atoms with Crippen molar-refractivity contribution in [1.82, 2.24) is 4.31 Å². The summed E-state index contributed by atoms with van der Waals surface area (Å²) in [4.78, 5) is 13.0. The number of halogens is 1. The number of hydrogen-bond acceptors (Lipinski definition) is 4. The zero-order valence-corrected chi connectivity index (χ0v) is 21.2. The SMILES string of the molecule is Cc1ccc(S(=O)(=O)N(CC(=O)Nc2ccc(Oc3ccccc3)cc2)Cc2ccccc2Cl)cc1. The van der Waals surface area contributed by atoms with Crippen LogP contribution in [0.25, 0.3) is 0 Å². The van der Waals surface area contributed by atoms with Gasteiger partial charge in [-0.05, 0) is 67.1 Å². The molecule has 0 bridgehead atoms. The molecule has 0 radical (unpaired) electrons. The van der Waals surface area contributed by atoms with E-state index >= 15 is 0 Å². The Labute approximate surface area is 216 Å². The van der Waals surface area contributed by atoms with E-state index in [9.17, 15) is 13.2 Å². The summed E-state index contributed by atoms with van der Waals surface area (Å²) >= 11 is 6.29. The smallest absolute Gasteiger partial charge is 0.243 e. The number of amides is 1. The summed E-state index contributed by atoms with van der Waals surface area (Å²) in [5.74, 6) is 0.835. The average molecular weight is 521 g/mol. The largest absolute Gasteiger partial charge is 0.457 e. The molecule has 4 aromatic rings. The minimum Gasteiger partial charge on any atom is -0.457 e. The quantitative estimate of drug-likeness (QED) is 0.282. The van der Waals surface area contributed by atoms with Crippen molar-refractivity contribution >= 4 is 33.2 Å². The number of anilines is 1. The van der Waals surface area contributed by atoms with E-state index in [-0.39, 0.29) is 18.0 Å². The maximum atomic E-state index is 13.5. The first-order valence-electron chi connectivity index (χ1n) is 11.2. The Morgan fingerprint density at radius 3 is 2.11 bits per heavy atom. The first-order valence-corrected chi connectivity index (χ1v) is 13.1. The summed E-state index contributed by atoms with van der Waals surface area (Å²) in [6.07, 6.45) is 0. The minimum absolute atomic E-state index is 0.0485. The molecule has 0 atom stereocenters. The molecular formula is C28H25ClN2O4S. The van der Waals surface area contributed by atoms with Gasteiger partial charge in [-0.25, -0.2) is 8.42 Å². The van der Waals surface area contributed by atoms with E-state index in [4.69, 9.17) is 16.3 Å². The van der Waals surface area contributed by atoms with E-state index in [1.165, 1.54) is 12.1 Å². The molecule has 0 unspecified atom stereocenters. The molecule has 36 heavy (non-hydrogen) atoms. The van der Waals surface area contributed by atoms with Crippen LogP contribution in [0.4, 0.5) is 5.69 Å². The number of nitrogens with one attached hydrogen (secondary N) is 1. The second kappa shape index (κ2) is 11.4. The van der Waals surface area contributed by atoms with Crippen LogP contribution < -0.4 is 10.1 Å². The Bertz CT molecular complexity index is 1420. The molecule has 1 amide bonds. The highest BCUT2D eigenvalue weighted by Crippen LogP contribution is 2.24. The third-order valence-electron chi connectivity index (χ3n) is 5.40. The van der Waals surface area contributed by atoms with Crippen LogP contribution in [0.15, 0.2) is 108 Å². The Hall–Kier alpha value is -3.65. The molecule has 4 rings (SSSR count). The van der Waals surface area contributed by atoms with E-state index in [0.717, 1.165) is 9.87 Å². The van der Waals surface area contributed by atoms with Gasteiger partial charge in [-0.3, -0.25) is 4.79 Å². The maximum absolute atomic E-state index is 13.5. The van der Waals surface area contributed by atoms with Gasteiger partial charge in [0, 0.05) is 17.3 Å². The lowest BCUT2D eigenvalue weighted by Gasteiger charge is -2.22. The highest BCUT2D eigenvalue weighted by molar-refractivity contribution is 7.89. The lowest BCUT2D eigenvalue weighted by Crippen LogP contribution is -2.37. The summed E-state index contributed by atoms with van der Waals surface area (Å²) in [6, 6.07) is 29.7. The molecule has 0 aliphatic heterocycles. The Morgan fingerprint density at radius 2 is 1.44 bits per heavy atom. The first kappa shape index (κ1) is 25.4. The van der Waals surface area contributed by atoms with Gasteiger partial charge in [0.1, 0.15) is 11.5 Å². The third-order valence-corrected chi connectivity index (χ3v) is 7.57. The minimum atomic E-state index is -3.97. The van der Waals surface area contributed by atoms with Crippen LogP contribution >= 0.6 is 11.6 Å². The van der Waals surface area contributed by atoms with Gasteiger partial charge in [-0.15, -0.1) is 0 Å². The van der Waals surface area contributed by atoms with Crippen molar-refractivity contribution in [1.29, 1.82) is 0 Å². The highest BCUT2D eigenvalue weighted by Gasteiger charge is 2.27. The van der Waals surface area contributed by atoms with E-state index in [0.29, 0.717) is 27.8 Å². The van der Waals surface area contributed by atoms with Gasteiger partial charge in [0.2, 0.25) is 15.9 Å². The predicted octanol–water partition coefficient (Wildman–Crippen LogP) is 6.27. The molecule has 0 heterocycles. The molecule has 6 nitrogen and oxygen atoms in total. The van der Waals surface area contributed by atoms with Gasteiger partial charge in [0.25, 0.3) is 0 Å². The van der Waals surface area contributed by atoms with Crippen molar-refractivity contribution in [2.24, 2.45) is 0 Å². The monoisotopic (exact) mass is 520 g/mol. The van der Waals surface area contributed by atoms with Crippen molar-refractivity contribution in [3.8, 4) is 11.5 Å². The van der Waals surface area contributed by atoms with Crippen LogP contribution in [0.2, 0.25) is 5.02 Å². The molecule has 0 fully saturated rings. The first-order chi connectivity index (χ1) is 17.3. The van der Waals surface area contributed by atoms with Crippen molar-refractivity contribution in [3.63, 3.8) is 0 Å². The predicted molar refractivity (Wildman–Crippen MR) is 142 cm³/mol. The van der Waals surface area contributed by atoms with Crippen LogP contribution in [0.5, 0.6) is 11.5 Å². The number of rotatable bonds is 9. The second-order valence-corrected chi connectivity index (χ2v) is 10.5. The van der Waals surface area contributed by atoms with E-state index in [1.807, 2.05) is 37.3 Å². The molecule has 0 aliphatic rings. The summed E-state index contributed by atoms with van der Waals surface area (Å²) in [5.41, 5.74) is 2.06. The third kappa shape index (κ3) is 6.51. The Morgan fingerprint density at radius 1 is 0.833 bits per heavy atom. The van der Waals surface area contributed by atoms with Gasteiger partial charge in [-0.2, -0.15) is 4.31 Å². The van der Waals surface area contributed by atoms with Crippen molar-refractivity contribution < 1.29 is 17.9 Å². The molecular weight excluding hydrogens is 496 g/mol. The van der Waals surface area contributed by atoms with Crippen LogP contribution in [0, 0.1) is 6.92 Å². The fourth-order valence-electron chi connectivity index (χ4n) is 3.49. The van der Waals surface area contributed by atoms with Crippen LogP contribution in [-0.2, 0) is 21.4 Å². The number of aryl methyl sites for hydroxylation is 1. The number of sulfonamides is 1. The lowest BCUT2D eigenvalue weighted by molar-refractivity contribution is -0.116. The number of carbonyl (C=O) groups excluding carboxylic acids is 1. The fourth-order valence-corrected chi connectivity index (χ4v) is 5.06. The summed E-state index contributed by atoms with van der Waals surface area (Å²) in [5, 5.41) is 3.19. The number of hydrogen-bond donors (Lipinski definition) is 1. The number of ether oxygens (including phenoxy) is 1. The van der Waals surface area contributed by atoms with Gasteiger partial charge in [-0.1, -0.05) is 65.7 Å². The van der Waals surface area contributed by atoms with Gasteiger partial charge in [0.15, 0.2) is 0 Å². The molecule has 184 valence electrons. The molecule has 0 aliphatic carbocycles. The molecule has 0 aromatic heterocycles. The standard InChI is InChI=1S/C28H25ClN2O4S/c1-21-11-17-26(18-12-21)36(33,34)31(19-22-7-5-6-10-27(22)29)20-28(32)30-23-13-15-25(16-14-23)35-24-8-3-2-4-9-24/h2-18H,19-20H2,1H3,(H,30,32). The van der Waals surface area contributed by atoms with Crippen molar-refractivity contribution in [3.05, 3.63) is 119 Å². The van der Waals surface area contributed by atoms with Gasteiger partial charge in [0.05, 0.1) is 11.4 Å². The van der Waals surface area contributed by atoms with Gasteiger partial charge >= 0.3 is 0 Å². The van der Waals surface area contributed by atoms with Gasteiger partial charge < -0.3 is 10.1 Å². The fraction of sp³-hybridized carbons (Fsp3) is 0.107. The Kier molecular flexibility index (Phi) is 8.05. The normalized spacial score (nSPS) is 11.3. The molecule has 0 saturated heterocycles. The molecule has 4 aromatic carbocycles. The second-order valence-electron chi connectivity index (χ2n) is 8.17. The van der Waals surface area contributed by atoms with E-state index in [2.05, 4.69) is 5.32 Å². The number of carbonyl (C=O) groups is 1. The number of para-hydroxylation sites is 1. The topological polar surface area (TPSA) is 75.7 Å². The van der Waals surface area contributed by atoms with E-state index in [1.54, 1.807) is 60.7 Å². The number of nitrogens with zero attached hydrogens (tertiary/aromatic N) is 1. The van der Waals surface area contributed by atoms with Crippen LogP contribution in [0.1, 0.15) is 11.1 Å². The maximum Gasteiger partial charge on any atom is 0.243 e. The molecule has 1 N–H and O–H groups in total.